The number of nitrogens with zero attached hydrogens (tertiary/aromatic N) is 2. The third kappa shape index (κ3) is 4.97. The zero-order chi connectivity index (χ0) is 19.4. The molecule has 0 radical (unpaired) electrons. The van der Waals surface area contributed by atoms with E-state index in [1.807, 2.05) is 25.1 Å². The molecule has 3 aromatic rings. The van der Waals surface area contributed by atoms with Crippen LogP contribution in [0.25, 0.3) is 0 Å². The molecular weight excluding hydrogens is 353 g/mol. The monoisotopic (exact) mass is 372 g/mol. The molecule has 1 aromatic heterocycles. The van der Waals surface area contributed by atoms with Gasteiger partial charge in [0.1, 0.15) is 5.82 Å². The number of hydrogen-bond donors (Lipinski definition) is 2. The van der Waals surface area contributed by atoms with Crippen molar-refractivity contribution in [3.8, 4) is 0 Å². The first-order valence-electron chi connectivity index (χ1n) is 8.39. The van der Waals surface area contributed by atoms with Crippen LogP contribution in [0.3, 0.4) is 0 Å². The minimum atomic E-state index is -4.46. The number of nitrogens with one attached hydrogen (secondary N) is 2. The smallest absolute Gasteiger partial charge is 0.366 e. The Hall–Kier alpha value is -3.09. The fourth-order valence-electron chi connectivity index (χ4n) is 2.69. The summed E-state index contributed by atoms with van der Waals surface area (Å²) in [6.07, 6.45) is -4.46. The molecule has 27 heavy (non-hydrogen) atoms. The molecule has 3 rings (SSSR count). The second-order valence-electron chi connectivity index (χ2n) is 6.23. The molecule has 0 amide bonds. The molecule has 0 fully saturated rings. The molecule has 0 aliphatic carbocycles. The largest absolute Gasteiger partial charge is 0.418 e. The van der Waals surface area contributed by atoms with Gasteiger partial charge in [-0.05, 0) is 31.5 Å². The second-order valence-corrected chi connectivity index (χ2v) is 6.23. The Bertz CT molecular complexity index is 939. The number of alkyl halides is 3. The van der Waals surface area contributed by atoms with Gasteiger partial charge in [-0.25, -0.2) is 4.98 Å². The van der Waals surface area contributed by atoms with Crippen molar-refractivity contribution in [2.45, 2.75) is 26.6 Å². The molecule has 2 N–H and O–H groups in total. The maximum Gasteiger partial charge on any atom is 0.418 e. The van der Waals surface area contributed by atoms with Crippen molar-refractivity contribution in [2.75, 3.05) is 10.6 Å². The molecule has 1 heterocycles. The summed E-state index contributed by atoms with van der Waals surface area (Å²) in [5.74, 6) is 0.648. The summed E-state index contributed by atoms with van der Waals surface area (Å²) in [6.45, 7) is 4.33. The van der Waals surface area contributed by atoms with Gasteiger partial charge in [0.2, 0.25) is 5.95 Å². The highest BCUT2D eigenvalue weighted by atomic mass is 19.4. The van der Waals surface area contributed by atoms with Crippen LogP contribution in [0.2, 0.25) is 0 Å². The second kappa shape index (κ2) is 7.65. The van der Waals surface area contributed by atoms with Crippen LogP contribution < -0.4 is 10.6 Å². The van der Waals surface area contributed by atoms with E-state index in [1.165, 1.54) is 18.2 Å². The number of aryl methyl sites for hydroxylation is 2. The number of para-hydroxylation sites is 1. The fraction of sp³-hybridized carbons (Fsp3) is 0.200. The molecule has 0 aliphatic heterocycles. The number of aromatic nitrogens is 2. The lowest BCUT2D eigenvalue weighted by Crippen LogP contribution is -2.10. The molecule has 0 aliphatic rings. The van der Waals surface area contributed by atoms with Gasteiger partial charge in [0, 0.05) is 18.3 Å². The van der Waals surface area contributed by atoms with Crippen LogP contribution >= 0.6 is 0 Å². The third-order valence-electron chi connectivity index (χ3n) is 3.89. The molecule has 0 saturated heterocycles. The average Bonchev–Trinajstić information content (AvgIpc) is 2.59. The molecule has 7 heteroatoms. The van der Waals surface area contributed by atoms with Crippen LogP contribution in [0.15, 0.2) is 54.6 Å². The molecule has 0 saturated carbocycles. The highest BCUT2D eigenvalue weighted by molar-refractivity contribution is 5.60. The van der Waals surface area contributed by atoms with E-state index in [1.54, 1.807) is 13.0 Å². The zero-order valence-electron chi connectivity index (χ0n) is 14.9. The Balaban J connectivity index is 1.80. The Labute approximate surface area is 155 Å². The Kier molecular flexibility index (Phi) is 5.30. The van der Waals surface area contributed by atoms with E-state index in [4.69, 9.17) is 0 Å². The Morgan fingerprint density at radius 2 is 1.70 bits per heavy atom. The van der Waals surface area contributed by atoms with Crippen LogP contribution in [-0.4, -0.2) is 9.97 Å². The molecule has 4 nitrogen and oxygen atoms in total. The van der Waals surface area contributed by atoms with Crippen molar-refractivity contribution < 1.29 is 13.2 Å². The number of benzene rings is 2. The first-order chi connectivity index (χ1) is 12.8. The summed E-state index contributed by atoms with van der Waals surface area (Å²) in [6, 6.07) is 15.0. The molecule has 2 aromatic carbocycles. The standard InChI is InChI=1S/C20H19F3N4/c1-13-6-5-7-15(10-13)12-24-18-11-14(2)25-19(27-18)26-17-9-4-3-8-16(17)20(21,22)23/h3-11H,12H2,1-2H3,(H2,24,25,26,27). The van der Waals surface area contributed by atoms with Gasteiger partial charge in [-0.3, -0.25) is 0 Å². The van der Waals surface area contributed by atoms with Crippen molar-refractivity contribution in [3.05, 3.63) is 77.0 Å². The zero-order valence-corrected chi connectivity index (χ0v) is 14.9. The van der Waals surface area contributed by atoms with Crippen molar-refractivity contribution >= 4 is 17.5 Å². The minimum Gasteiger partial charge on any atom is -0.366 e. The van der Waals surface area contributed by atoms with Crippen LogP contribution in [0.4, 0.5) is 30.6 Å². The Morgan fingerprint density at radius 3 is 2.44 bits per heavy atom. The summed E-state index contributed by atoms with van der Waals surface area (Å²) in [4.78, 5) is 8.48. The van der Waals surface area contributed by atoms with Gasteiger partial charge in [0.15, 0.2) is 0 Å². The third-order valence-corrected chi connectivity index (χ3v) is 3.89. The maximum absolute atomic E-state index is 13.2. The number of rotatable bonds is 5. The molecule has 0 unspecified atom stereocenters. The van der Waals surface area contributed by atoms with Gasteiger partial charge < -0.3 is 10.6 Å². The summed E-state index contributed by atoms with van der Waals surface area (Å²) in [5.41, 5.74) is 2.04. The van der Waals surface area contributed by atoms with E-state index < -0.39 is 11.7 Å². The lowest BCUT2D eigenvalue weighted by molar-refractivity contribution is -0.136. The minimum absolute atomic E-state index is 0.0831. The number of hydrogen-bond acceptors (Lipinski definition) is 4. The van der Waals surface area contributed by atoms with Crippen LogP contribution in [0.1, 0.15) is 22.4 Å². The Morgan fingerprint density at radius 1 is 0.926 bits per heavy atom. The number of anilines is 3. The van der Waals surface area contributed by atoms with Crippen LogP contribution in [-0.2, 0) is 12.7 Å². The summed E-state index contributed by atoms with van der Waals surface area (Å²) in [5, 5.41) is 5.87. The van der Waals surface area contributed by atoms with E-state index >= 15 is 0 Å². The topological polar surface area (TPSA) is 49.8 Å². The SMILES string of the molecule is Cc1cccc(CNc2cc(C)nc(Nc3ccccc3C(F)(F)F)n2)c1. The summed E-state index contributed by atoms with van der Waals surface area (Å²) >= 11 is 0. The molecule has 0 atom stereocenters. The first kappa shape index (κ1) is 18.7. The van der Waals surface area contributed by atoms with Crippen LogP contribution in [0, 0.1) is 13.8 Å². The molecule has 0 spiro atoms. The van der Waals surface area contributed by atoms with Gasteiger partial charge in [0.25, 0.3) is 0 Å². The first-order valence-corrected chi connectivity index (χ1v) is 8.39. The summed E-state index contributed by atoms with van der Waals surface area (Å²) < 4.78 is 39.5. The van der Waals surface area contributed by atoms with E-state index in [9.17, 15) is 13.2 Å². The number of halogens is 3. The fourth-order valence-corrected chi connectivity index (χ4v) is 2.69. The van der Waals surface area contributed by atoms with E-state index in [0.29, 0.717) is 18.1 Å². The van der Waals surface area contributed by atoms with Crippen LogP contribution in [0.5, 0.6) is 0 Å². The predicted molar refractivity (Wildman–Crippen MR) is 100 cm³/mol. The summed E-state index contributed by atoms with van der Waals surface area (Å²) in [7, 11) is 0. The molecule has 140 valence electrons. The van der Waals surface area contributed by atoms with Gasteiger partial charge in [0.05, 0.1) is 11.3 Å². The normalized spacial score (nSPS) is 11.3. The van der Waals surface area contributed by atoms with Crippen molar-refractivity contribution in [2.24, 2.45) is 0 Å². The van der Waals surface area contributed by atoms with Crippen molar-refractivity contribution in [3.63, 3.8) is 0 Å². The van der Waals surface area contributed by atoms with E-state index in [2.05, 4.69) is 26.7 Å². The highest BCUT2D eigenvalue weighted by Crippen LogP contribution is 2.35. The predicted octanol–water partition coefficient (Wildman–Crippen LogP) is 5.47. The van der Waals surface area contributed by atoms with E-state index in [-0.39, 0.29) is 11.6 Å². The molecular formula is C20H19F3N4. The van der Waals surface area contributed by atoms with Crippen molar-refractivity contribution in [1.29, 1.82) is 0 Å². The van der Waals surface area contributed by atoms with Crippen molar-refractivity contribution in [1.82, 2.24) is 9.97 Å². The van der Waals surface area contributed by atoms with Gasteiger partial charge in [-0.2, -0.15) is 18.2 Å². The van der Waals surface area contributed by atoms with Gasteiger partial charge in [-0.1, -0.05) is 42.0 Å². The lowest BCUT2D eigenvalue weighted by Gasteiger charge is -2.14. The molecule has 0 bridgehead atoms. The maximum atomic E-state index is 13.2. The van der Waals surface area contributed by atoms with Gasteiger partial charge >= 0.3 is 6.18 Å². The van der Waals surface area contributed by atoms with Gasteiger partial charge in [-0.15, -0.1) is 0 Å². The highest BCUT2D eigenvalue weighted by Gasteiger charge is 2.33. The quantitative estimate of drug-likeness (QED) is 0.624. The lowest BCUT2D eigenvalue weighted by atomic mass is 10.1. The average molecular weight is 372 g/mol. The van der Waals surface area contributed by atoms with E-state index in [0.717, 1.165) is 17.2 Å².